The lowest BCUT2D eigenvalue weighted by molar-refractivity contribution is 0.305. The standard InChI is InChI=1S/C46H68O.2CH4/c1-7-10-13-16-19-22-29-46(30-23-20-17-14-11-8-2)43-32-36(4)25-27-40(43)41-28-26-39(35-44(41)46)42-33-37(5)38(6)34-45(42)47-31-24-21-18-15-12-9-3;;/h25-28,32-35H,7-24,29-31H2,1-6H3;2*1H4. The van der Waals surface area contributed by atoms with Crippen LogP contribution in [0.15, 0.2) is 48.5 Å². The van der Waals surface area contributed by atoms with Crippen molar-refractivity contribution in [3.05, 3.63) is 76.3 Å². The van der Waals surface area contributed by atoms with E-state index in [1.807, 2.05) is 0 Å². The summed E-state index contributed by atoms with van der Waals surface area (Å²) in [6.45, 7) is 14.5. The van der Waals surface area contributed by atoms with Gasteiger partial charge < -0.3 is 4.74 Å². The van der Waals surface area contributed by atoms with Crippen LogP contribution < -0.4 is 4.74 Å². The Bertz CT molecular complexity index is 1350. The molecule has 1 nitrogen and oxygen atoms in total. The van der Waals surface area contributed by atoms with Gasteiger partial charge in [-0.3, -0.25) is 0 Å². The van der Waals surface area contributed by atoms with E-state index in [1.54, 1.807) is 11.1 Å². The lowest BCUT2D eigenvalue weighted by atomic mass is 9.70. The number of fused-ring (bicyclic) bond motifs is 3. The van der Waals surface area contributed by atoms with Gasteiger partial charge in [0, 0.05) is 11.0 Å². The number of aryl methyl sites for hydroxylation is 3. The zero-order chi connectivity index (χ0) is 33.5. The van der Waals surface area contributed by atoms with Crippen molar-refractivity contribution in [2.45, 2.75) is 190 Å². The van der Waals surface area contributed by atoms with Crippen molar-refractivity contribution in [1.29, 1.82) is 0 Å². The predicted molar refractivity (Wildman–Crippen MR) is 221 cm³/mol. The molecule has 0 spiro atoms. The number of benzene rings is 3. The van der Waals surface area contributed by atoms with Crippen molar-refractivity contribution in [2.75, 3.05) is 6.61 Å². The average molecular weight is 669 g/mol. The summed E-state index contributed by atoms with van der Waals surface area (Å²) in [5.41, 5.74) is 12.9. The average Bonchev–Trinajstić information content (AvgIpc) is 3.33. The fourth-order valence-corrected chi connectivity index (χ4v) is 8.05. The molecule has 0 amide bonds. The van der Waals surface area contributed by atoms with Crippen molar-refractivity contribution < 1.29 is 4.74 Å². The van der Waals surface area contributed by atoms with Crippen molar-refractivity contribution >= 4 is 0 Å². The molecule has 0 saturated carbocycles. The Kier molecular flexibility index (Phi) is 19.4. The molecule has 0 aromatic heterocycles. The first-order valence-corrected chi connectivity index (χ1v) is 20.0. The maximum atomic E-state index is 6.61. The molecule has 0 aliphatic heterocycles. The zero-order valence-corrected chi connectivity index (χ0v) is 31.4. The number of ether oxygens (including phenoxy) is 1. The monoisotopic (exact) mass is 669 g/mol. The Morgan fingerprint density at radius 1 is 0.469 bits per heavy atom. The van der Waals surface area contributed by atoms with Gasteiger partial charge in [0.2, 0.25) is 0 Å². The third kappa shape index (κ3) is 11.5. The molecule has 3 aromatic rings. The van der Waals surface area contributed by atoms with Gasteiger partial charge in [0.25, 0.3) is 0 Å². The summed E-state index contributed by atoms with van der Waals surface area (Å²) in [4.78, 5) is 0. The van der Waals surface area contributed by atoms with Crippen molar-refractivity contribution in [2.24, 2.45) is 0 Å². The Morgan fingerprint density at radius 3 is 1.51 bits per heavy atom. The summed E-state index contributed by atoms with van der Waals surface area (Å²) < 4.78 is 6.61. The molecule has 0 fully saturated rings. The first-order valence-electron chi connectivity index (χ1n) is 20.0. The van der Waals surface area contributed by atoms with E-state index >= 15 is 0 Å². The van der Waals surface area contributed by atoms with Gasteiger partial charge in [0.15, 0.2) is 0 Å². The first-order chi connectivity index (χ1) is 22.9. The SMILES string of the molecule is C.C.CCCCCCCCOc1cc(C)c(C)cc1-c1ccc2c(c1)C(CCCCCCCC)(CCCCCCCC)c1cc(C)ccc1-2. The van der Waals surface area contributed by atoms with Gasteiger partial charge >= 0.3 is 0 Å². The molecule has 0 radical (unpaired) electrons. The van der Waals surface area contributed by atoms with Crippen LogP contribution >= 0.6 is 0 Å². The Hall–Kier alpha value is -2.54. The molecular formula is C48H76O. The molecule has 0 N–H and O–H groups in total. The van der Waals surface area contributed by atoms with Crippen LogP contribution in [-0.4, -0.2) is 6.61 Å². The van der Waals surface area contributed by atoms with Crippen LogP contribution in [0.4, 0.5) is 0 Å². The van der Waals surface area contributed by atoms with E-state index in [0.29, 0.717) is 0 Å². The van der Waals surface area contributed by atoms with Crippen LogP contribution in [0, 0.1) is 20.8 Å². The summed E-state index contributed by atoms with van der Waals surface area (Å²) >= 11 is 0. The van der Waals surface area contributed by atoms with Gasteiger partial charge in [-0.1, -0.05) is 181 Å². The fraction of sp³-hybridized carbons (Fsp3) is 0.625. The minimum Gasteiger partial charge on any atom is -0.493 e. The van der Waals surface area contributed by atoms with Crippen molar-refractivity contribution in [3.8, 4) is 28.0 Å². The van der Waals surface area contributed by atoms with Crippen molar-refractivity contribution in [3.63, 3.8) is 0 Å². The maximum Gasteiger partial charge on any atom is 0.127 e. The molecule has 0 saturated heterocycles. The topological polar surface area (TPSA) is 9.23 Å². The zero-order valence-electron chi connectivity index (χ0n) is 31.4. The molecule has 0 bridgehead atoms. The van der Waals surface area contributed by atoms with Gasteiger partial charge in [-0.2, -0.15) is 0 Å². The lowest BCUT2D eigenvalue weighted by Gasteiger charge is -2.33. The Labute approximate surface area is 305 Å². The molecule has 0 heterocycles. The van der Waals surface area contributed by atoms with Crippen LogP contribution in [0.5, 0.6) is 5.75 Å². The first kappa shape index (κ1) is 42.6. The number of rotatable bonds is 23. The van der Waals surface area contributed by atoms with E-state index in [-0.39, 0.29) is 20.3 Å². The van der Waals surface area contributed by atoms with Crippen LogP contribution in [0.1, 0.15) is 192 Å². The second-order valence-corrected chi connectivity index (χ2v) is 15.0. The Morgan fingerprint density at radius 2 is 0.939 bits per heavy atom. The highest BCUT2D eigenvalue weighted by molar-refractivity contribution is 5.85. The number of hydrogen-bond donors (Lipinski definition) is 0. The predicted octanol–water partition coefficient (Wildman–Crippen LogP) is 16.1. The highest BCUT2D eigenvalue weighted by Gasteiger charge is 2.42. The van der Waals surface area contributed by atoms with E-state index in [9.17, 15) is 0 Å². The molecule has 274 valence electrons. The van der Waals surface area contributed by atoms with Gasteiger partial charge in [0.1, 0.15) is 5.75 Å². The fourth-order valence-electron chi connectivity index (χ4n) is 8.05. The van der Waals surface area contributed by atoms with Gasteiger partial charge in [-0.25, -0.2) is 0 Å². The van der Waals surface area contributed by atoms with E-state index < -0.39 is 0 Å². The maximum absolute atomic E-state index is 6.61. The van der Waals surface area contributed by atoms with Crippen LogP contribution in [-0.2, 0) is 5.41 Å². The highest BCUT2D eigenvalue weighted by Crippen LogP contribution is 2.55. The molecule has 0 unspecified atom stereocenters. The molecule has 0 atom stereocenters. The quantitative estimate of drug-likeness (QED) is 0.0914. The summed E-state index contributed by atoms with van der Waals surface area (Å²) in [6, 6.07) is 19.4. The van der Waals surface area contributed by atoms with Crippen LogP contribution in [0.3, 0.4) is 0 Å². The van der Waals surface area contributed by atoms with Crippen LogP contribution in [0.25, 0.3) is 22.3 Å². The summed E-state index contributed by atoms with van der Waals surface area (Å²) in [5, 5.41) is 0. The summed E-state index contributed by atoms with van der Waals surface area (Å²) in [6.07, 6.45) is 26.4. The molecule has 3 aromatic carbocycles. The summed E-state index contributed by atoms with van der Waals surface area (Å²) in [7, 11) is 0. The second kappa shape index (κ2) is 22.3. The van der Waals surface area contributed by atoms with E-state index in [0.717, 1.165) is 18.8 Å². The molecule has 1 aliphatic carbocycles. The highest BCUT2D eigenvalue weighted by atomic mass is 16.5. The van der Waals surface area contributed by atoms with E-state index in [4.69, 9.17) is 4.74 Å². The normalized spacial score (nSPS) is 12.6. The third-order valence-electron chi connectivity index (χ3n) is 11.1. The minimum absolute atomic E-state index is 0. The Balaban J connectivity index is 0.00000417. The largest absolute Gasteiger partial charge is 0.493 e. The van der Waals surface area contributed by atoms with E-state index in [1.165, 1.54) is 161 Å². The molecule has 1 heteroatoms. The number of unbranched alkanes of at least 4 members (excludes halogenated alkanes) is 15. The second-order valence-electron chi connectivity index (χ2n) is 15.0. The summed E-state index contributed by atoms with van der Waals surface area (Å²) in [5.74, 6) is 1.06. The molecular weight excluding hydrogens is 593 g/mol. The van der Waals surface area contributed by atoms with Gasteiger partial charge in [0.05, 0.1) is 6.61 Å². The van der Waals surface area contributed by atoms with Gasteiger partial charge in [-0.15, -0.1) is 0 Å². The smallest absolute Gasteiger partial charge is 0.127 e. The minimum atomic E-state index is 0. The van der Waals surface area contributed by atoms with Gasteiger partial charge in [-0.05, 0) is 97.2 Å². The van der Waals surface area contributed by atoms with Crippen molar-refractivity contribution in [1.82, 2.24) is 0 Å². The van der Waals surface area contributed by atoms with E-state index in [2.05, 4.69) is 90.1 Å². The third-order valence-corrected chi connectivity index (χ3v) is 11.1. The number of hydrogen-bond acceptors (Lipinski definition) is 1. The molecule has 4 rings (SSSR count). The molecule has 49 heavy (non-hydrogen) atoms. The van der Waals surface area contributed by atoms with Crippen LogP contribution in [0.2, 0.25) is 0 Å². The lowest BCUT2D eigenvalue weighted by Crippen LogP contribution is -2.25. The molecule has 1 aliphatic rings.